The minimum atomic E-state index is -1.13. The Morgan fingerprint density at radius 3 is 2.81 bits per heavy atom. The number of nitrogens with one attached hydrogen (secondary N) is 1. The van der Waals surface area contributed by atoms with Gasteiger partial charge in [0.1, 0.15) is 0 Å². The second-order valence-electron chi connectivity index (χ2n) is 4.39. The summed E-state index contributed by atoms with van der Waals surface area (Å²) in [6.45, 7) is 2.58. The van der Waals surface area contributed by atoms with E-state index in [0.717, 1.165) is 10.0 Å². The monoisotopic (exact) mass is 352 g/mol. The molecule has 0 spiro atoms. The van der Waals surface area contributed by atoms with Crippen molar-refractivity contribution in [1.29, 1.82) is 0 Å². The van der Waals surface area contributed by atoms with Gasteiger partial charge in [-0.2, -0.15) is 0 Å². The van der Waals surface area contributed by atoms with Crippen LogP contribution in [-0.2, 0) is 6.54 Å². The highest BCUT2D eigenvalue weighted by Gasteiger charge is 2.09. The van der Waals surface area contributed by atoms with E-state index in [1.165, 1.54) is 10.9 Å². The van der Waals surface area contributed by atoms with Crippen LogP contribution in [0.4, 0.5) is 0 Å². The molecule has 1 aromatic carbocycles. The van der Waals surface area contributed by atoms with Crippen molar-refractivity contribution in [2.75, 3.05) is 6.54 Å². The molecule has 0 aliphatic rings. The highest BCUT2D eigenvalue weighted by molar-refractivity contribution is 9.10. The first-order chi connectivity index (χ1) is 9.97. The van der Waals surface area contributed by atoms with Gasteiger partial charge in [-0.1, -0.05) is 21.1 Å². The summed E-state index contributed by atoms with van der Waals surface area (Å²) in [5.74, 6) is -1.32. The summed E-state index contributed by atoms with van der Waals surface area (Å²) >= 11 is 3.38. The number of hydrogen-bond donors (Lipinski definition) is 2. The molecule has 2 rings (SSSR count). The van der Waals surface area contributed by atoms with E-state index < -0.39 is 5.97 Å². The van der Waals surface area contributed by atoms with Crippen molar-refractivity contribution in [3.63, 3.8) is 0 Å². The average molecular weight is 353 g/mol. The van der Waals surface area contributed by atoms with Crippen molar-refractivity contribution < 1.29 is 14.7 Å². The second kappa shape index (κ2) is 6.49. The van der Waals surface area contributed by atoms with E-state index in [2.05, 4.69) is 31.6 Å². The van der Waals surface area contributed by atoms with Crippen LogP contribution in [0.1, 0.15) is 26.4 Å². The maximum absolute atomic E-state index is 11.9. The first-order valence-electron chi connectivity index (χ1n) is 6.15. The van der Waals surface area contributed by atoms with Gasteiger partial charge in [0, 0.05) is 16.6 Å². The quantitative estimate of drug-likeness (QED) is 0.849. The molecule has 1 heterocycles. The van der Waals surface area contributed by atoms with E-state index in [-0.39, 0.29) is 11.6 Å². The van der Waals surface area contributed by atoms with Crippen molar-refractivity contribution in [3.8, 4) is 0 Å². The van der Waals surface area contributed by atoms with E-state index in [1.807, 2.05) is 13.0 Å². The normalized spacial score (nSPS) is 10.4. The lowest BCUT2D eigenvalue weighted by atomic mass is 10.1. The summed E-state index contributed by atoms with van der Waals surface area (Å²) in [5.41, 5.74) is 1.43. The Kier molecular flexibility index (Phi) is 4.69. The molecule has 0 atom stereocenters. The molecule has 0 aliphatic heterocycles. The van der Waals surface area contributed by atoms with Gasteiger partial charge in [-0.15, -0.1) is 5.10 Å². The number of amides is 1. The Labute approximate surface area is 129 Å². The van der Waals surface area contributed by atoms with Gasteiger partial charge in [-0.05, 0) is 30.7 Å². The van der Waals surface area contributed by atoms with E-state index in [9.17, 15) is 9.59 Å². The van der Waals surface area contributed by atoms with Gasteiger partial charge in [0.05, 0.1) is 12.7 Å². The third-order valence-corrected chi connectivity index (χ3v) is 3.69. The molecule has 2 N–H and O–H groups in total. The van der Waals surface area contributed by atoms with E-state index in [4.69, 9.17) is 5.11 Å². The van der Waals surface area contributed by atoms with Crippen LogP contribution in [-0.4, -0.2) is 38.5 Å². The molecule has 0 radical (unpaired) electrons. The third kappa shape index (κ3) is 3.88. The van der Waals surface area contributed by atoms with Gasteiger partial charge in [-0.3, -0.25) is 4.79 Å². The van der Waals surface area contributed by atoms with Crippen LogP contribution >= 0.6 is 15.9 Å². The lowest BCUT2D eigenvalue weighted by Gasteiger charge is -2.06. The first kappa shape index (κ1) is 15.2. The zero-order valence-corrected chi connectivity index (χ0v) is 12.8. The number of carboxylic acid groups (broad SMARTS) is 1. The number of aromatic carboxylic acids is 1. The average Bonchev–Trinajstić information content (AvgIpc) is 2.91. The number of benzene rings is 1. The number of halogens is 1. The number of aryl methyl sites for hydroxylation is 1. The number of carbonyl (C=O) groups is 2. The number of hydrogen-bond acceptors (Lipinski definition) is 4. The molecule has 1 amide bonds. The summed E-state index contributed by atoms with van der Waals surface area (Å²) in [5, 5.41) is 18.6. The van der Waals surface area contributed by atoms with Gasteiger partial charge in [-0.25, -0.2) is 9.48 Å². The van der Waals surface area contributed by atoms with Crippen LogP contribution in [0.2, 0.25) is 0 Å². The molecular formula is C13H13BrN4O3. The minimum Gasteiger partial charge on any atom is -0.476 e. The largest absolute Gasteiger partial charge is 0.476 e. The van der Waals surface area contributed by atoms with Crippen LogP contribution in [0.3, 0.4) is 0 Å². The lowest BCUT2D eigenvalue weighted by molar-refractivity contribution is 0.0690. The predicted molar refractivity (Wildman–Crippen MR) is 78.2 cm³/mol. The van der Waals surface area contributed by atoms with Crippen molar-refractivity contribution in [2.24, 2.45) is 0 Å². The third-order valence-electron chi connectivity index (χ3n) is 2.80. The highest BCUT2D eigenvalue weighted by atomic mass is 79.9. The fourth-order valence-corrected chi connectivity index (χ4v) is 1.92. The molecule has 7 nitrogen and oxygen atoms in total. The van der Waals surface area contributed by atoms with Crippen molar-refractivity contribution in [1.82, 2.24) is 20.3 Å². The van der Waals surface area contributed by atoms with Gasteiger partial charge < -0.3 is 10.4 Å². The Hall–Kier alpha value is -2.22. The highest BCUT2D eigenvalue weighted by Crippen LogP contribution is 2.16. The standard InChI is InChI=1S/C13H13BrN4O3/c1-8-6-9(2-3-10(8)14)12(19)15-4-5-18-7-11(13(20)21)16-17-18/h2-3,6-7H,4-5H2,1H3,(H,15,19)(H,20,21). The zero-order valence-electron chi connectivity index (χ0n) is 11.2. The maximum Gasteiger partial charge on any atom is 0.358 e. The van der Waals surface area contributed by atoms with Gasteiger partial charge in [0.15, 0.2) is 5.69 Å². The van der Waals surface area contributed by atoms with Crippen molar-refractivity contribution in [3.05, 3.63) is 45.7 Å². The Morgan fingerprint density at radius 1 is 1.43 bits per heavy atom. The van der Waals surface area contributed by atoms with Crippen LogP contribution in [0.5, 0.6) is 0 Å². The molecule has 0 bridgehead atoms. The molecule has 0 unspecified atom stereocenters. The summed E-state index contributed by atoms with van der Waals surface area (Å²) in [6.07, 6.45) is 1.32. The molecule has 8 heteroatoms. The number of carboxylic acids is 1. The van der Waals surface area contributed by atoms with E-state index in [1.54, 1.807) is 12.1 Å². The van der Waals surface area contributed by atoms with Crippen LogP contribution in [0, 0.1) is 6.92 Å². The number of rotatable bonds is 5. The number of carbonyl (C=O) groups excluding carboxylic acids is 1. The predicted octanol–water partition coefficient (Wildman–Crippen LogP) is 1.48. The van der Waals surface area contributed by atoms with E-state index in [0.29, 0.717) is 18.7 Å². The first-order valence-corrected chi connectivity index (χ1v) is 6.94. The Bertz CT molecular complexity index is 684. The topological polar surface area (TPSA) is 97.1 Å². The molecule has 0 saturated carbocycles. The molecule has 0 aliphatic carbocycles. The van der Waals surface area contributed by atoms with Crippen molar-refractivity contribution >= 4 is 27.8 Å². The van der Waals surface area contributed by atoms with Gasteiger partial charge in [0.2, 0.25) is 0 Å². The molecule has 110 valence electrons. The summed E-state index contributed by atoms with van der Waals surface area (Å²) in [6, 6.07) is 5.34. The van der Waals surface area contributed by atoms with Gasteiger partial charge in [0.25, 0.3) is 5.91 Å². The smallest absolute Gasteiger partial charge is 0.358 e. The van der Waals surface area contributed by atoms with Crippen LogP contribution in [0.15, 0.2) is 28.9 Å². The van der Waals surface area contributed by atoms with Crippen LogP contribution < -0.4 is 5.32 Å². The van der Waals surface area contributed by atoms with Crippen LogP contribution in [0.25, 0.3) is 0 Å². The lowest BCUT2D eigenvalue weighted by Crippen LogP contribution is -2.27. The summed E-state index contributed by atoms with van der Waals surface area (Å²) in [7, 11) is 0. The zero-order chi connectivity index (χ0) is 15.4. The Balaban J connectivity index is 1.88. The Morgan fingerprint density at radius 2 is 2.19 bits per heavy atom. The fraction of sp³-hybridized carbons (Fsp3) is 0.231. The molecule has 1 aromatic heterocycles. The number of aromatic nitrogens is 3. The number of nitrogens with zero attached hydrogens (tertiary/aromatic N) is 3. The molecular weight excluding hydrogens is 340 g/mol. The summed E-state index contributed by atoms with van der Waals surface area (Å²) in [4.78, 5) is 22.6. The van der Waals surface area contributed by atoms with E-state index >= 15 is 0 Å². The summed E-state index contributed by atoms with van der Waals surface area (Å²) < 4.78 is 2.32. The SMILES string of the molecule is Cc1cc(C(=O)NCCn2cc(C(=O)O)nn2)ccc1Br. The van der Waals surface area contributed by atoms with Gasteiger partial charge >= 0.3 is 5.97 Å². The molecule has 0 saturated heterocycles. The van der Waals surface area contributed by atoms with Crippen molar-refractivity contribution in [2.45, 2.75) is 13.5 Å². The molecule has 21 heavy (non-hydrogen) atoms. The second-order valence-corrected chi connectivity index (χ2v) is 5.25. The fourth-order valence-electron chi connectivity index (χ4n) is 1.68. The molecule has 0 fully saturated rings. The molecule has 2 aromatic rings. The maximum atomic E-state index is 11.9. The minimum absolute atomic E-state index is 0.120.